The van der Waals surface area contributed by atoms with Crippen LogP contribution in [0.2, 0.25) is 0 Å². The van der Waals surface area contributed by atoms with E-state index in [0.717, 1.165) is 23.0 Å². The molecule has 0 radical (unpaired) electrons. The average Bonchev–Trinajstić information content (AvgIpc) is 2.61. The van der Waals surface area contributed by atoms with Crippen LogP contribution in [-0.4, -0.2) is 6.29 Å². The summed E-state index contributed by atoms with van der Waals surface area (Å²) >= 11 is 1.62. The van der Waals surface area contributed by atoms with Crippen molar-refractivity contribution in [3.63, 3.8) is 0 Å². The fourth-order valence-corrected chi connectivity index (χ4v) is 2.37. The average molecular weight is 202 g/mol. The molecule has 0 N–H and O–H groups in total. The second-order valence-electron chi connectivity index (χ2n) is 3.11. The molecule has 14 heavy (non-hydrogen) atoms. The molecule has 1 nitrogen and oxygen atoms in total. The lowest BCUT2D eigenvalue weighted by atomic mass is 10.0. The number of carbonyl (C=O) groups is 1. The van der Waals surface area contributed by atoms with E-state index in [4.69, 9.17) is 0 Å². The maximum Gasteiger partial charge on any atom is 0.151 e. The van der Waals surface area contributed by atoms with Gasteiger partial charge in [-0.05, 0) is 12.5 Å². The lowest BCUT2D eigenvalue weighted by Gasteiger charge is -2.00. The van der Waals surface area contributed by atoms with Gasteiger partial charge in [-0.2, -0.15) is 0 Å². The van der Waals surface area contributed by atoms with E-state index in [1.807, 2.05) is 42.6 Å². The van der Waals surface area contributed by atoms with Crippen molar-refractivity contribution in [2.45, 2.75) is 6.92 Å². The van der Waals surface area contributed by atoms with E-state index in [0.29, 0.717) is 0 Å². The van der Waals surface area contributed by atoms with Crippen molar-refractivity contribution in [3.8, 4) is 11.1 Å². The van der Waals surface area contributed by atoms with E-state index in [2.05, 4.69) is 0 Å². The summed E-state index contributed by atoms with van der Waals surface area (Å²) in [6, 6.07) is 10.0. The summed E-state index contributed by atoms with van der Waals surface area (Å²) in [6.07, 6.45) is 0.922. The molecule has 0 saturated carbocycles. The molecule has 0 bridgehead atoms. The van der Waals surface area contributed by atoms with Crippen LogP contribution in [0.5, 0.6) is 0 Å². The van der Waals surface area contributed by atoms with Gasteiger partial charge in [-0.3, -0.25) is 4.79 Å². The SMILES string of the molecule is Cc1scc(C=O)c1-c1ccccc1. The molecule has 0 atom stereocenters. The van der Waals surface area contributed by atoms with Gasteiger partial charge in [0.15, 0.2) is 6.29 Å². The van der Waals surface area contributed by atoms with Crippen molar-refractivity contribution in [1.29, 1.82) is 0 Å². The van der Waals surface area contributed by atoms with Crippen LogP contribution in [0, 0.1) is 6.92 Å². The minimum atomic E-state index is 0.790. The standard InChI is InChI=1S/C12H10OS/c1-9-12(11(7-13)8-14-9)10-5-3-2-4-6-10/h2-8H,1H3. The summed E-state index contributed by atoms with van der Waals surface area (Å²) in [6.45, 7) is 2.04. The molecular weight excluding hydrogens is 192 g/mol. The van der Waals surface area contributed by atoms with Crippen LogP contribution in [0.1, 0.15) is 15.2 Å². The van der Waals surface area contributed by atoms with Crippen molar-refractivity contribution in [2.24, 2.45) is 0 Å². The predicted octanol–water partition coefficient (Wildman–Crippen LogP) is 3.54. The van der Waals surface area contributed by atoms with Gasteiger partial charge in [0.2, 0.25) is 0 Å². The molecule has 0 unspecified atom stereocenters. The molecule has 0 aliphatic carbocycles. The molecule has 0 saturated heterocycles. The number of hydrogen-bond donors (Lipinski definition) is 0. The number of rotatable bonds is 2. The summed E-state index contributed by atoms with van der Waals surface area (Å²) in [5.41, 5.74) is 2.98. The van der Waals surface area contributed by atoms with Crippen molar-refractivity contribution in [2.75, 3.05) is 0 Å². The Bertz CT molecular complexity index is 443. The monoisotopic (exact) mass is 202 g/mol. The van der Waals surface area contributed by atoms with Crippen molar-refractivity contribution in [3.05, 3.63) is 46.2 Å². The molecule has 0 aliphatic heterocycles. The third-order valence-electron chi connectivity index (χ3n) is 2.19. The maximum absolute atomic E-state index is 10.8. The summed E-state index contributed by atoms with van der Waals surface area (Å²) in [5, 5.41) is 1.91. The Kier molecular flexibility index (Phi) is 2.46. The highest BCUT2D eigenvalue weighted by atomic mass is 32.1. The highest BCUT2D eigenvalue weighted by Crippen LogP contribution is 2.30. The summed E-state index contributed by atoms with van der Waals surface area (Å²) in [4.78, 5) is 12.0. The van der Waals surface area contributed by atoms with Crippen LogP contribution in [0.3, 0.4) is 0 Å². The fraction of sp³-hybridized carbons (Fsp3) is 0.0833. The molecule has 2 heteroatoms. The number of carbonyl (C=O) groups excluding carboxylic acids is 1. The first kappa shape index (κ1) is 9.16. The Morgan fingerprint density at radius 1 is 1.21 bits per heavy atom. The fourth-order valence-electron chi connectivity index (χ4n) is 1.53. The zero-order chi connectivity index (χ0) is 9.97. The molecule has 1 heterocycles. The molecular formula is C12H10OS. The van der Waals surface area contributed by atoms with Crippen LogP contribution < -0.4 is 0 Å². The van der Waals surface area contributed by atoms with E-state index >= 15 is 0 Å². The second kappa shape index (κ2) is 3.76. The molecule has 2 rings (SSSR count). The van der Waals surface area contributed by atoms with Crippen LogP contribution in [0.4, 0.5) is 0 Å². The van der Waals surface area contributed by atoms with Crippen molar-refractivity contribution in [1.82, 2.24) is 0 Å². The van der Waals surface area contributed by atoms with Crippen LogP contribution in [-0.2, 0) is 0 Å². The number of aryl methyl sites for hydroxylation is 1. The third-order valence-corrected chi connectivity index (χ3v) is 3.12. The second-order valence-corrected chi connectivity index (χ2v) is 4.19. The molecule has 2 aromatic rings. The maximum atomic E-state index is 10.8. The molecule has 0 aliphatic rings. The van der Waals surface area contributed by atoms with Crippen LogP contribution in [0.15, 0.2) is 35.7 Å². The quantitative estimate of drug-likeness (QED) is 0.681. The van der Waals surface area contributed by atoms with E-state index in [1.165, 1.54) is 4.88 Å². The number of thiophene rings is 1. The first-order valence-corrected chi connectivity index (χ1v) is 5.29. The van der Waals surface area contributed by atoms with Crippen molar-refractivity contribution < 1.29 is 4.79 Å². The molecule has 1 aromatic carbocycles. The lowest BCUT2D eigenvalue weighted by Crippen LogP contribution is -1.82. The van der Waals surface area contributed by atoms with E-state index in [9.17, 15) is 4.79 Å². The van der Waals surface area contributed by atoms with Gasteiger partial charge in [0.25, 0.3) is 0 Å². The van der Waals surface area contributed by atoms with Gasteiger partial charge in [-0.25, -0.2) is 0 Å². The molecule has 1 aromatic heterocycles. The zero-order valence-corrected chi connectivity index (χ0v) is 8.67. The van der Waals surface area contributed by atoms with Gasteiger partial charge in [-0.1, -0.05) is 30.3 Å². The van der Waals surface area contributed by atoms with Gasteiger partial charge >= 0.3 is 0 Å². The molecule has 0 fully saturated rings. The van der Waals surface area contributed by atoms with Gasteiger partial charge in [0, 0.05) is 21.4 Å². The Morgan fingerprint density at radius 3 is 2.57 bits per heavy atom. The van der Waals surface area contributed by atoms with Crippen molar-refractivity contribution >= 4 is 17.6 Å². The molecule has 70 valence electrons. The molecule has 0 spiro atoms. The lowest BCUT2D eigenvalue weighted by molar-refractivity contribution is 0.112. The van der Waals surface area contributed by atoms with Crippen LogP contribution >= 0.6 is 11.3 Å². The first-order valence-electron chi connectivity index (χ1n) is 4.41. The third kappa shape index (κ3) is 1.49. The number of hydrogen-bond acceptors (Lipinski definition) is 2. The Balaban J connectivity index is 2.61. The molecule has 0 amide bonds. The zero-order valence-electron chi connectivity index (χ0n) is 7.86. The summed E-state index contributed by atoms with van der Waals surface area (Å²) in [5.74, 6) is 0. The minimum absolute atomic E-state index is 0.790. The minimum Gasteiger partial charge on any atom is -0.298 e. The first-order chi connectivity index (χ1) is 6.83. The highest BCUT2D eigenvalue weighted by Gasteiger charge is 2.08. The van der Waals surface area contributed by atoms with Gasteiger partial charge in [-0.15, -0.1) is 11.3 Å². The highest BCUT2D eigenvalue weighted by molar-refractivity contribution is 7.10. The predicted molar refractivity (Wildman–Crippen MR) is 59.9 cm³/mol. The Hall–Kier alpha value is -1.41. The van der Waals surface area contributed by atoms with Gasteiger partial charge in [0.05, 0.1) is 0 Å². The number of aldehydes is 1. The summed E-state index contributed by atoms with van der Waals surface area (Å²) in [7, 11) is 0. The Morgan fingerprint density at radius 2 is 1.93 bits per heavy atom. The Labute approximate surface area is 87.0 Å². The van der Waals surface area contributed by atoms with E-state index < -0.39 is 0 Å². The van der Waals surface area contributed by atoms with E-state index in [1.54, 1.807) is 11.3 Å². The smallest absolute Gasteiger partial charge is 0.151 e. The van der Waals surface area contributed by atoms with Gasteiger partial charge < -0.3 is 0 Å². The largest absolute Gasteiger partial charge is 0.298 e. The summed E-state index contributed by atoms with van der Waals surface area (Å²) < 4.78 is 0. The topological polar surface area (TPSA) is 17.1 Å². The van der Waals surface area contributed by atoms with E-state index in [-0.39, 0.29) is 0 Å². The normalized spacial score (nSPS) is 10.1. The van der Waals surface area contributed by atoms with Gasteiger partial charge in [0.1, 0.15) is 0 Å². The van der Waals surface area contributed by atoms with Crippen LogP contribution in [0.25, 0.3) is 11.1 Å². The number of benzene rings is 1.